The standard InChI is InChI=1S/C17H30O4/c1-16(2,3)10-8-7-9-12(14(18)19)13(15(20)21)11-17(4,5)6/h7-8,12-13H,9-11H2,1-6H3,(H,18,19)(H,20,21). The van der Waals surface area contributed by atoms with Crippen molar-refractivity contribution in [1.29, 1.82) is 0 Å². The van der Waals surface area contributed by atoms with Gasteiger partial charge in [-0.05, 0) is 30.1 Å². The van der Waals surface area contributed by atoms with E-state index in [9.17, 15) is 19.8 Å². The molecule has 0 saturated carbocycles. The van der Waals surface area contributed by atoms with Crippen molar-refractivity contribution in [2.75, 3.05) is 0 Å². The summed E-state index contributed by atoms with van der Waals surface area (Å²) in [6.07, 6.45) is 5.22. The predicted molar refractivity (Wildman–Crippen MR) is 84.2 cm³/mol. The molecule has 0 aromatic heterocycles. The van der Waals surface area contributed by atoms with E-state index in [0.29, 0.717) is 6.42 Å². The zero-order valence-electron chi connectivity index (χ0n) is 14.1. The highest BCUT2D eigenvalue weighted by atomic mass is 16.4. The summed E-state index contributed by atoms with van der Waals surface area (Å²) >= 11 is 0. The van der Waals surface area contributed by atoms with Crippen molar-refractivity contribution in [1.82, 2.24) is 0 Å². The Hall–Kier alpha value is -1.32. The fraction of sp³-hybridized carbons (Fsp3) is 0.765. The minimum absolute atomic E-state index is 0.146. The first-order valence-corrected chi connectivity index (χ1v) is 7.44. The lowest BCUT2D eigenvalue weighted by Crippen LogP contribution is -2.32. The van der Waals surface area contributed by atoms with E-state index in [4.69, 9.17) is 0 Å². The van der Waals surface area contributed by atoms with E-state index in [1.54, 1.807) is 0 Å². The molecular formula is C17H30O4. The number of carboxylic acids is 2. The third-order valence-electron chi connectivity index (χ3n) is 3.24. The van der Waals surface area contributed by atoms with Crippen LogP contribution < -0.4 is 0 Å². The normalized spacial score (nSPS) is 15.9. The van der Waals surface area contributed by atoms with Crippen molar-refractivity contribution >= 4 is 11.9 Å². The van der Waals surface area contributed by atoms with E-state index in [1.165, 1.54) is 0 Å². The molecule has 2 unspecified atom stereocenters. The van der Waals surface area contributed by atoms with E-state index in [0.717, 1.165) is 6.42 Å². The van der Waals surface area contributed by atoms with Crippen LogP contribution in [0.1, 0.15) is 60.8 Å². The van der Waals surface area contributed by atoms with E-state index in [2.05, 4.69) is 20.8 Å². The van der Waals surface area contributed by atoms with Gasteiger partial charge in [0.2, 0.25) is 0 Å². The maximum atomic E-state index is 11.4. The highest BCUT2D eigenvalue weighted by Gasteiger charge is 2.35. The minimum atomic E-state index is -1.04. The Balaban J connectivity index is 4.92. The summed E-state index contributed by atoms with van der Waals surface area (Å²) < 4.78 is 0. The van der Waals surface area contributed by atoms with Gasteiger partial charge in [0.25, 0.3) is 0 Å². The molecule has 0 aromatic carbocycles. The van der Waals surface area contributed by atoms with Gasteiger partial charge in [0.15, 0.2) is 0 Å². The van der Waals surface area contributed by atoms with Crippen molar-refractivity contribution in [2.45, 2.75) is 60.8 Å². The summed E-state index contributed by atoms with van der Waals surface area (Å²) in [7, 11) is 0. The molecule has 0 amide bonds. The largest absolute Gasteiger partial charge is 0.481 e. The lowest BCUT2D eigenvalue weighted by molar-refractivity contribution is -0.154. The fourth-order valence-corrected chi connectivity index (χ4v) is 2.18. The summed E-state index contributed by atoms with van der Waals surface area (Å²) in [5.74, 6) is -3.80. The molecule has 2 N–H and O–H groups in total. The first-order valence-electron chi connectivity index (χ1n) is 7.44. The second kappa shape index (κ2) is 7.62. The van der Waals surface area contributed by atoms with Crippen LogP contribution in [0.4, 0.5) is 0 Å². The summed E-state index contributed by atoms with van der Waals surface area (Å²) in [5, 5.41) is 18.7. The lowest BCUT2D eigenvalue weighted by Gasteiger charge is -2.27. The number of hydrogen-bond donors (Lipinski definition) is 2. The van der Waals surface area contributed by atoms with Crippen LogP contribution >= 0.6 is 0 Å². The van der Waals surface area contributed by atoms with Crippen molar-refractivity contribution in [3.05, 3.63) is 12.2 Å². The lowest BCUT2D eigenvalue weighted by atomic mass is 9.77. The second-order valence-electron chi connectivity index (χ2n) is 8.13. The SMILES string of the molecule is CC(C)(C)CC=CCC(C(=O)O)C(CC(C)(C)C)C(=O)O. The van der Waals surface area contributed by atoms with Crippen LogP contribution in [0.15, 0.2) is 12.2 Å². The fourth-order valence-electron chi connectivity index (χ4n) is 2.18. The Morgan fingerprint density at radius 1 is 0.857 bits per heavy atom. The van der Waals surface area contributed by atoms with Gasteiger partial charge in [-0.2, -0.15) is 0 Å². The first kappa shape index (κ1) is 19.7. The molecule has 0 rings (SSSR count). The molecule has 2 atom stereocenters. The molecular weight excluding hydrogens is 268 g/mol. The number of rotatable bonds is 7. The van der Waals surface area contributed by atoms with Gasteiger partial charge in [0.1, 0.15) is 0 Å². The Morgan fingerprint density at radius 2 is 1.33 bits per heavy atom. The van der Waals surface area contributed by atoms with E-state index >= 15 is 0 Å². The van der Waals surface area contributed by atoms with Gasteiger partial charge in [-0.15, -0.1) is 0 Å². The average molecular weight is 298 g/mol. The predicted octanol–water partition coefficient (Wildman–Crippen LogP) is 4.21. The molecule has 0 aromatic rings. The van der Waals surface area contributed by atoms with Crippen LogP contribution in [0.3, 0.4) is 0 Å². The van der Waals surface area contributed by atoms with Gasteiger partial charge in [-0.3, -0.25) is 9.59 Å². The maximum absolute atomic E-state index is 11.4. The van der Waals surface area contributed by atoms with E-state index in [1.807, 2.05) is 32.9 Å². The minimum Gasteiger partial charge on any atom is -0.481 e. The molecule has 0 saturated heterocycles. The van der Waals surface area contributed by atoms with Crippen LogP contribution in [0.25, 0.3) is 0 Å². The third-order valence-corrected chi connectivity index (χ3v) is 3.24. The van der Waals surface area contributed by atoms with Crippen LogP contribution in [-0.4, -0.2) is 22.2 Å². The topological polar surface area (TPSA) is 74.6 Å². The van der Waals surface area contributed by atoms with Gasteiger partial charge in [-0.1, -0.05) is 53.7 Å². The molecule has 21 heavy (non-hydrogen) atoms. The quantitative estimate of drug-likeness (QED) is 0.690. The molecule has 0 bridgehead atoms. The van der Waals surface area contributed by atoms with Gasteiger partial charge < -0.3 is 10.2 Å². The number of aliphatic carboxylic acids is 2. The van der Waals surface area contributed by atoms with Crippen molar-refractivity contribution < 1.29 is 19.8 Å². The Labute approximate surface area is 128 Å². The van der Waals surface area contributed by atoms with Crippen LogP contribution in [-0.2, 0) is 9.59 Å². The summed E-state index contributed by atoms with van der Waals surface area (Å²) in [4.78, 5) is 22.9. The highest BCUT2D eigenvalue weighted by Crippen LogP contribution is 2.31. The van der Waals surface area contributed by atoms with Crippen molar-refractivity contribution in [3.63, 3.8) is 0 Å². The Kier molecular flexibility index (Phi) is 7.14. The number of hydrogen-bond acceptors (Lipinski definition) is 2. The molecule has 0 aliphatic rings. The van der Waals surface area contributed by atoms with Crippen LogP contribution in [0, 0.1) is 22.7 Å². The zero-order chi connectivity index (χ0) is 16.8. The summed E-state index contributed by atoms with van der Waals surface area (Å²) in [6, 6.07) is 0. The van der Waals surface area contributed by atoms with Gasteiger partial charge >= 0.3 is 11.9 Å². The smallest absolute Gasteiger partial charge is 0.307 e. The van der Waals surface area contributed by atoms with E-state index < -0.39 is 23.8 Å². The molecule has 0 aliphatic carbocycles. The van der Waals surface area contributed by atoms with Gasteiger partial charge in [0.05, 0.1) is 11.8 Å². The number of allylic oxidation sites excluding steroid dienone is 2. The zero-order valence-corrected chi connectivity index (χ0v) is 14.1. The molecule has 4 nitrogen and oxygen atoms in total. The molecule has 0 aliphatic heterocycles. The number of carboxylic acid groups (broad SMARTS) is 2. The van der Waals surface area contributed by atoms with E-state index in [-0.39, 0.29) is 17.3 Å². The summed E-state index contributed by atoms with van der Waals surface area (Å²) in [6.45, 7) is 12.1. The molecule has 4 heteroatoms. The molecule has 122 valence electrons. The van der Waals surface area contributed by atoms with Crippen molar-refractivity contribution in [2.24, 2.45) is 22.7 Å². The van der Waals surface area contributed by atoms with Crippen LogP contribution in [0.5, 0.6) is 0 Å². The Morgan fingerprint density at radius 3 is 1.67 bits per heavy atom. The molecule has 0 spiro atoms. The maximum Gasteiger partial charge on any atom is 0.307 e. The molecule has 0 heterocycles. The highest BCUT2D eigenvalue weighted by molar-refractivity contribution is 5.80. The number of carbonyl (C=O) groups is 2. The van der Waals surface area contributed by atoms with Crippen molar-refractivity contribution in [3.8, 4) is 0 Å². The Bertz CT molecular complexity index is 383. The first-order chi connectivity index (χ1) is 9.33. The third kappa shape index (κ3) is 9.27. The van der Waals surface area contributed by atoms with Crippen LogP contribution in [0.2, 0.25) is 0 Å². The van der Waals surface area contributed by atoms with Gasteiger partial charge in [0, 0.05) is 0 Å². The monoisotopic (exact) mass is 298 g/mol. The summed E-state index contributed by atoms with van der Waals surface area (Å²) in [5.41, 5.74) is -0.0707. The second-order valence-corrected chi connectivity index (χ2v) is 8.13. The average Bonchev–Trinajstić information content (AvgIpc) is 2.23. The van der Waals surface area contributed by atoms with Gasteiger partial charge in [-0.25, -0.2) is 0 Å². The molecule has 0 radical (unpaired) electrons. The molecule has 0 fully saturated rings.